The first-order valence-corrected chi connectivity index (χ1v) is 118. The summed E-state index contributed by atoms with van der Waals surface area (Å²) >= 11 is 0. The average Bonchev–Trinajstić information content (AvgIpc) is 0.804. The molecule has 662 valence electrons. The minimum atomic E-state index is -2.92. The Hall–Kier alpha value is 4.99. The summed E-state index contributed by atoms with van der Waals surface area (Å²) in [5, 5.41) is 0. The standard InChI is InChI=1S/C55H168O27Si28/c1-83(2)57-84(3)58-86(6,7)59-87(8,9)60-88(10,11)61-89(12,13)62-90(14,15)63-91(16,17)64-92(18,19)65-93(20,21)66-94(22,23)67-95(24,25)68-96(26,27)69-97(28,29)70-98(30,31)71-99(32,33)72-100(34,35)73-101(36,37)74-102(38,39)75-103(40,41)76-104(42,43)77-105(44,45)78-106(46,47)79-107(48,49)80-108(50,51)81-109(52,53)82-110(54,55)85(4,5)56/h56,83-84H,1-55H3. The molecule has 0 aliphatic heterocycles. The molecule has 0 aromatic rings. The van der Waals surface area contributed by atoms with Crippen LogP contribution in [-0.2, 0) is 107 Å². The first-order valence-electron chi connectivity index (χ1n) is 38.9. The van der Waals surface area contributed by atoms with Crippen molar-refractivity contribution in [2.24, 2.45) is 0 Å². The molecule has 0 fully saturated rings. The van der Waals surface area contributed by atoms with Crippen LogP contribution in [0.1, 0.15) is 0 Å². The monoisotopic (exact) mass is 2040 g/mol. The van der Waals surface area contributed by atoms with Crippen molar-refractivity contribution in [1.82, 2.24) is 0 Å². The van der Waals surface area contributed by atoms with Crippen molar-refractivity contribution in [2.45, 2.75) is 360 Å². The minimum Gasteiger partial charge on any atom is -0.442 e. The molecule has 0 radical (unpaired) electrons. The van der Waals surface area contributed by atoms with Gasteiger partial charge in [0, 0.05) is 0 Å². The Morgan fingerprint density at radius 1 is 0.145 bits per heavy atom. The summed E-state index contributed by atoms with van der Waals surface area (Å²) < 4.78 is 179. The summed E-state index contributed by atoms with van der Waals surface area (Å²) in [6.45, 7) is 113. The van der Waals surface area contributed by atoms with E-state index in [1.807, 2.05) is 105 Å². The fourth-order valence-electron chi connectivity index (χ4n) is 15.7. The lowest BCUT2D eigenvalue weighted by molar-refractivity contribution is 0.245. The summed E-state index contributed by atoms with van der Waals surface area (Å²) in [5.74, 6) is 0. The van der Waals surface area contributed by atoms with Crippen LogP contribution in [0.15, 0.2) is 0 Å². The van der Waals surface area contributed by atoms with E-state index in [2.05, 4.69) is 255 Å². The summed E-state index contributed by atoms with van der Waals surface area (Å²) in [5.41, 5.74) is 0. The first-order chi connectivity index (χ1) is 47.0. The summed E-state index contributed by atoms with van der Waals surface area (Å²) in [7, 11) is -76.1. The van der Waals surface area contributed by atoms with Gasteiger partial charge in [-0.15, -0.1) is 0 Å². The van der Waals surface area contributed by atoms with Crippen molar-refractivity contribution in [3.8, 4) is 0 Å². The molecule has 0 aromatic carbocycles. The maximum atomic E-state index is 11.0. The highest BCUT2D eigenvalue weighted by Gasteiger charge is 2.57. The van der Waals surface area contributed by atoms with Crippen LogP contribution < -0.4 is 0 Å². The van der Waals surface area contributed by atoms with Gasteiger partial charge < -0.3 is 112 Å². The molecule has 27 nitrogen and oxygen atoms in total. The van der Waals surface area contributed by atoms with Crippen LogP contribution in [0.4, 0.5) is 0 Å². The molecule has 0 amide bonds. The van der Waals surface area contributed by atoms with Gasteiger partial charge >= 0.3 is 205 Å². The zero-order valence-electron chi connectivity index (χ0n) is 80.2. The van der Waals surface area contributed by atoms with Crippen LogP contribution in [-0.4, -0.2) is 244 Å². The molecule has 0 spiro atoms. The van der Waals surface area contributed by atoms with E-state index in [0.717, 1.165) is 0 Å². The molecule has 1 unspecified atom stereocenters. The zero-order valence-corrected chi connectivity index (χ0v) is 109. The molecule has 0 aliphatic carbocycles. The maximum absolute atomic E-state index is 11.0. The quantitative estimate of drug-likeness (QED) is 0.0555. The molecule has 55 heteroatoms. The van der Waals surface area contributed by atoms with Crippen molar-refractivity contribution in [3.63, 3.8) is 0 Å². The van der Waals surface area contributed by atoms with Crippen LogP contribution >= 0.6 is 0 Å². The molecule has 110 heavy (non-hydrogen) atoms. The predicted molar refractivity (Wildman–Crippen MR) is 517 cm³/mol. The van der Waals surface area contributed by atoms with E-state index in [1.54, 1.807) is 0 Å². The molecule has 1 N–H and O–H groups in total. The van der Waals surface area contributed by atoms with Crippen molar-refractivity contribution in [2.75, 3.05) is 0 Å². The molecular weight excluding hydrogens is 1880 g/mol. The second-order valence-corrected chi connectivity index (χ2v) is 146. The number of hydrogen-bond donors (Lipinski definition) is 1. The topological polar surface area (TPSA) is 260 Å². The third-order valence-corrected chi connectivity index (χ3v) is 129. The van der Waals surface area contributed by atoms with Crippen molar-refractivity contribution < 1.29 is 112 Å². The van der Waals surface area contributed by atoms with Crippen molar-refractivity contribution >= 4 is 239 Å². The normalized spacial score (nSPS) is 16.4. The van der Waals surface area contributed by atoms with E-state index in [1.165, 1.54) is 0 Å². The van der Waals surface area contributed by atoms with E-state index in [-0.39, 0.29) is 0 Å². The van der Waals surface area contributed by atoms with Gasteiger partial charge in [-0.2, -0.15) is 0 Å². The lowest BCUT2D eigenvalue weighted by Gasteiger charge is -2.45. The first kappa shape index (κ1) is 115. The van der Waals surface area contributed by atoms with E-state index in [9.17, 15) is 4.80 Å². The lowest BCUT2D eigenvalue weighted by Crippen LogP contribution is -2.65. The minimum absolute atomic E-state index is 1.22. The lowest BCUT2D eigenvalue weighted by atomic mass is 11.9. The smallest absolute Gasteiger partial charge is 0.314 e. The maximum Gasteiger partial charge on any atom is 0.314 e. The van der Waals surface area contributed by atoms with Gasteiger partial charge in [-0.25, -0.2) is 0 Å². The van der Waals surface area contributed by atoms with Gasteiger partial charge in [0.2, 0.25) is 0 Å². The van der Waals surface area contributed by atoms with Crippen LogP contribution in [0.3, 0.4) is 0 Å². The van der Waals surface area contributed by atoms with Gasteiger partial charge in [-0.1, -0.05) is 0 Å². The average molecular weight is 2050 g/mol. The van der Waals surface area contributed by atoms with E-state index in [0.29, 0.717) is 0 Å². The van der Waals surface area contributed by atoms with E-state index in [4.69, 9.17) is 107 Å². The van der Waals surface area contributed by atoms with Gasteiger partial charge in [-0.3, -0.25) is 0 Å². The van der Waals surface area contributed by atoms with E-state index >= 15 is 0 Å². The second-order valence-electron chi connectivity index (χ2n) is 41.0. The van der Waals surface area contributed by atoms with Gasteiger partial charge in [0.15, 0.2) is 24.7 Å². The molecule has 0 saturated carbocycles. The fraction of sp³-hybridized carbons (Fsp3) is 1.00. The van der Waals surface area contributed by atoms with Crippen LogP contribution in [0.5, 0.6) is 0 Å². The van der Waals surface area contributed by atoms with Crippen LogP contribution in [0.25, 0.3) is 0 Å². The van der Waals surface area contributed by atoms with Crippen molar-refractivity contribution in [3.05, 3.63) is 0 Å². The Balaban J connectivity index is 5.93. The molecule has 0 bridgehead atoms. The van der Waals surface area contributed by atoms with Gasteiger partial charge in [0.25, 0.3) is 9.28 Å². The molecule has 0 saturated heterocycles. The predicted octanol–water partition coefficient (Wildman–Crippen LogP) is 18.6. The molecule has 1 atom stereocenters. The second kappa shape index (κ2) is 39.1. The molecule has 0 aromatic heterocycles. The van der Waals surface area contributed by atoms with Crippen LogP contribution in [0.2, 0.25) is 360 Å². The summed E-state index contributed by atoms with van der Waals surface area (Å²) in [6, 6.07) is 0. The van der Waals surface area contributed by atoms with Gasteiger partial charge in [0.1, 0.15) is 0 Å². The van der Waals surface area contributed by atoms with Gasteiger partial charge in [0.05, 0.1) is 0 Å². The fourth-order valence-corrected chi connectivity index (χ4v) is 155. The number of hydrogen-bond acceptors (Lipinski definition) is 27. The largest absolute Gasteiger partial charge is 0.442 e. The Kier molecular flexibility index (Phi) is 40.8. The SMILES string of the molecule is C[SiH](C)O[SiH](C)O[Si](C)(C)O[Si](C)(C)O[Si](C)(C)O[Si](C)(C)O[Si](C)(C)O[Si](C)(C)O[Si](C)(C)O[Si](C)(C)O[Si](C)(C)O[Si](C)(C)O[Si](C)(C)O[Si](C)(C)O[Si](C)(C)O[Si](C)(C)O[Si](C)(C)O[Si](C)(C)O[Si](C)(C)O[Si](C)(C)O[Si](C)(C)O[Si](C)(C)O[Si](C)(C)O[Si](C)(C)O[Si](C)(C)O[Si](C)(C)O[Si](C)(C)[Si](C)(C)O. The zero-order chi connectivity index (χ0) is 88.5. The van der Waals surface area contributed by atoms with Gasteiger partial charge in [-0.05, 0) is 360 Å². The summed E-state index contributed by atoms with van der Waals surface area (Å²) in [6.07, 6.45) is 0. The van der Waals surface area contributed by atoms with E-state index < -0.39 is 239 Å². The third-order valence-electron chi connectivity index (χ3n) is 14.2. The number of rotatable bonds is 53. The van der Waals surface area contributed by atoms with Crippen molar-refractivity contribution in [1.29, 1.82) is 0 Å². The highest BCUT2D eigenvalue weighted by molar-refractivity contribution is 7.36. The molecule has 0 aliphatic rings. The Bertz CT molecular complexity index is 2890. The highest BCUT2D eigenvalue weighted by atomic mass is 29.3. The highest BCUT2D eigenvalue weighted by Crippen LogP contribution is 2.37. The Morgan fingerprint density at radius 3 is 0.327 bits per heavy atom. The van der Waals surface area contributed by atoms with Crippen LogP contribution in [0, 0.1) is 0 Å². The molecule has 0 heterocycles. The molecular formula is C55H168O27Si28. The summed E-state index contributed by atoms with van der Waals surface area (Å²) in [4.78, 5) is 11.0. The molecule has 0 rings (SSSR count). The Morgan fingerprint density at radius 2 is 0.236 bits per heavy atom. The third kappa shape index (κ3) is 50.8. The Labute approximate surface area is 704 Å².